The van der Waals surface area contributed by atoms with Gasteiger partial charge in [0.25, 0.3) is 0 Å². The van der Waals surface area contributed by atoms with E-state index in [1.807, 2.05) is 0 Å². The van der Waals surface area contributed by atoms with Crippen LogP contribution in [0, 0.1) is 0 Å². The van der Waals surface area contributed by atoms with Crippen molar-refractivity contribution >= 4 is 0 Å². The van der Waals surface area contributed by atoms with Crippen molar-refractivity contribution in [1.82, 2.24) is 15.1 Å². The largest absolute Gasteiger partial charge is 0.315 e. The molecule has 0 aromatic rings. The van der Waals surface area contributed by atoms with E-state index in [2.05, 4.69) is 22.0 Å². The minimum absolute atomic E-state index is 0.880. The number of nitrogens with one attached hydrogen (secondary N) is 1. The van der Waals surface area contributed by atoms with Crippen molar-refractivity contribution in [3.8, 4) is 0 Å². The summed E-state index contributed by atoms with van der Waals surface area (Å²) >= 11 is 0. The molecular weight excluding hydrogens is 186 g/mol. The second-order valence-corrected chi connectivity index (χ2v) is 4.88. The molecular formula is C12H25N3. The Morgan fingerprint density at radius 3 is 3.00 bits per heavy atom. The smallest absolute Gasteiger partial charge is 0.0224 e. The van der Waals surface area contributed by atoms with Gasteiger partial charge < -0.3 is 5.32 Å². The molecule has 0 aromatic carbocycles. The summed E-state index contributed by atoms with van der Waals surface area (Å²) in [7, 11) is 0. The summed E-state index contributed by atoms with van der Waals surface area (Å²) in [6, 6.07) is 0.880. The fourth-order valence-corrected chi connectivity index (χ4v) is 2.80. The van der Waals surface area contributed by atoms with Crippen LogP contribution in [0.2, 0.25) is 0 Å². The van der Waals surface area contributed by atoms with Gasteiger partial charge >= 0.3 is 0 Å². The number of hydrogen-bond acceptors (Lipinski definition) is 3. The molecule has 2 aliphatic rings. The lowest BCUT2D eigenvalue weighted by Crippen LogP contribution is -2.51. The third-order valence-electron chi connectivity index (χ3n) is 3.70. The van der Waals surface area contributed by atoms with E-state index in [0.717, 1.165) is 6.04 Å². The standard InChI is InChI=1S/C12H25N3/c1-2-5-13-6-8-14-9-10-15-7-3-4-12(15)11-14/h12-13H,2-11H2,1H3. The van der Waals surface area contributed by atoms with Crippen LogP contribution in [-0.4, -0.2) is 61.7 Å². The van der Waals surface area contributed by atoms with Crippen molar-refractivity contribution in [2.24, 2.45) is 0 Å². The summed E-state index contributed by atoms with van der Waals surface area (Å²) in [4.78, 5) is 5.31. The van der Waals surface area contributed by atoms with Gasteiger partial charge in [-0.15, -0.1) is 0 Å². The van der Waals surface area contributed by atoms with E-state index in [1.165, 1.54) is 65.1 Å². The molecule has 0 saturated carbocycles. The molecule has 1 unspecified atom stereocenters. The van der Waals surface area contributed by atoms with Gasteiger partial charge in [-0.05, 0) is 32.4 Å². The van der Waals surface area contributed by atoms with Crippen LogP contribution in [-0.2, 0) is 0 Å². The molecule has 88 valence electrons. The van der Waals surface area contributed by atoms with Crippen molar-refractivity contribution in [3.05, 3.63) is 0 Å². The van der Waals surface area contributed by atoms with Gasteiger partial charge in [0.1, 0.15) is 0 Å². The number of rotatable bonds is 5. The van der Waals surface area contributed by atoms with Crippen molar-refractivity contribution < 1.29 is 0 Å². The van der Waals surface area contributed by atoms with Crippen LogP contribution in [0.15, 0.2) is 0 Å². The summed E-state index contributed by atoms with van der Waals surface area (Å²) < 4.78 is 0. The molecule has 2 heterocycles. The minimum atomic E-state index is 0.880. The molecule has 0 amide bonds. The predicted octanol–water partition coefficient (Wildman–Crippen LogP) is 0.766. The van der Waals surface area contributed by atoms with Gasteiger partial charge in [-0.2, -0.15) is 0 Å². The Bertz CT molecular complexity index is 184. The number of nitrogens with zero attached hydrogens (tertiary/aromatic N) is 2. The highest BCUT2D eigenvalue weighted by molar-refractivity contribution is 4.86. The zero-order valence-electron chi connectivity index (χ0n) is 10.0. The molecule has 1 N–H and O–H groups in total. The maximum Gasteiger partial charge on any atom is 0.0224 e. The maximum atomic E-state index is 3.49. The highest BCUT2D eigenvalue weighted by Gasteiger charge is 2.29. The minimum Gasteiger partial charge on any atom is -0.315 e. The van der Waals surface area contributed by atoms with E-state index in [4.69, 9.17) is 0 Å². The van der Waals surface area contributed by atoms with Crippen LogP contribution in [0.4, 0.5) is 0 Å². The van der Waals surface area contributed by atoms with Crippen LogP contribution in [0.3, 0.4) is 0 Å². The lowest BCUT2D eigenvalue weighted by atomic mass is 10.1. The lowest BCUT2D eigenvalue weighted by Gasteiger charge is -2.37. The van der Waals surface area contributed by atoms with Crippen LogP contribution in [0.1, 0.15) is 26.2 Å². The van der Waals surface area contributed by atoms with E-state index in [-0.39, 0.29) is 0 Å². The predicted molar refractivity (Wildman–Crippen MR) is 64.2 cm³/mol. The molecule has 2 rings (SSSR count). The second kappa shape index (κ2) is 5.83. The van der Waals surface area contributed by atoms with Crippen molar-refractivity contribution in [2.75, 3.05) is 45.8 Å². The first-order valence-electron chi connectivity index (χ1n) is 6.57. The molecule has 2 saturated heterocycles. The van der Waals surface area contributed by atoms with Gasteiger partial charge in [0.2, 0.25) is 0 Å². The molecule has 3 nitrogen and oxygen atoms in total. The Kier molecular flexibility index (Phi) is 4.42. The number of hydrogen-bond donors (Lipinski definition) is 1. The molecule has 0 bridgehead atoms. The Balaban J connectivity index is 1.62. The van der Waals surface area contributed by atoms with E-state index in [9.17, 15) is 0 Å². The van der Waals surface area contributed by atoms with E-state index < -0.39 is 0 Å². The van der Waals surface area contributed by atoms with Gasteiger partial charge in [0.15, 0.2) is 0 Å². The molecule has 1 atom stereocenters. The van der Waals surface area contributed by atoms with Gasteiger partial charge in [-0.3, -0.25) is 9.80 Å². The highest BCUT2D eigenvalue weighted by Crippen LogP contribution is 2.20. The SMILES string of the molecule is CCCNCCN1CCN2CCCC2C1. The second-order valence-electron chi connectivity index (χ2n) is 4.88. The molecule has 15 heavy (non-hydrogen) atoms. The van der Waals surface area contributed by atoms with Gasteiger partial charge in [-0.25, -0.2) is 0 Å². The summed E-state index contributed by atoms with van der Waals surface area (Å²) in [5.41, 5.74) is 0. The third kappa shape index (κ3) is 3.16. The normalized spacial score (nSPS) is 28.2. The van der Waals surface area contributed by atoms with Gasteiger partial charge in [0.05, 0.1) is 0 Å². The van der Waals surface area contributed by atoms with Gasteiger partial charge in [0, 0.05) is 38.8 Å². The average molecular weight is 211 g/mol. The van der Waals surface area contributed by atoms with Crippen LogP contribution in [0.5, 0.6) is 0 Å². The van der Waals surface area contributed by atoms with Crippen molar-refractivity contribution in [3.63, 3.8) is 0 Å². The highest BCUT2D eigenvalue weighted by atomic mass is 15.3. The molecule has 3 heteroatoms. The molecule has 0 spiro atoms. The molecule has 0 aliphatic carbocycles. The Labute approximate surface area is 93.8 Å². The monoisotopic (exact) mass is 211 g/mol. The van der Waals surface area contributed by atoms with Crippen LogP contribution < -0.4 is 5.32 Å². The first-order valence-corrected chi connectivity index (χ1v) is 6.57. The molecule has 2 fully saturated rings. The topological polar surface area (TPSA) is 18.5 Å². The van der Waals surface area contributed by atoms with Gasteiger partial charge in [-0.1, -0.05) is 6.92 Å². The maximum absolute atomic E-state index is 3.49. The Morgan fingerprint density at radius 2 is 2.13 bits per heavy atom. The van der Waals surface area contributed by atoms with E-state index >= 15 is 0 Å². The number of piperazine rings is 1. The Hall–Kier alpha value is -0.120. The quantitative estimate of drug-likeness (QED) is 0.678. The molecule has 2 aliphatic heterocycles. The third-order valence-corrected chi connectivity index (χ3v) is 3.70. The molecule has 0 aromatic heterocycles. The molecule has 0 radical (unpaired) electrons. The summed E-state index contributed by atoms with van der Waals surface area (Å²) in [6.07, 6.45) is 4.10. The lowest BCUT2D eigenvalue weighted by molar-refractivity contribution is 0.105. The van der Waals surface area contributed by atoms with E-state index in [0.29, 0.717) is 0 Å². The first kappa shape index (κ1) is 11.4. The first-order chi connectivity index (χ1) is 7.40. The van der Waals surface area contributed by atoms with Crippen LogP contribution in [0.25, 0.3) is 0 Å². The summed E-state index contributed by atoms with van der Waals surface area (Å²) in [5.74, 6) is 0. The zero-order chi connectivity index (χ0) is 10.5. The van der Waals surface area contributed by atoms with E-state index in [1.54, 1.807) is 0 Å². The fourth-order valence-electron chi connectivity index (χ4n) is 2.80. The number of fused-ring (bicyclic) bond motifs is 1. The van der Waals surface area contributed by atoms with Crippen LogP contribution >= 0.6 is 0 Å². The Morgan fingerprint density at radius 1 is 1.20 bits per heavy atom. The fraction of sp³-hybridized carbons (Fsp3) is 1.00. The zero-order valence-corrected chi connectivity index (χ0v) is 10.0. The van der Waals surface area contributed by atoms with Crippen molar-refractivity contribution in [1.29, 1.82) is 0 Å². The average Bonchev–Trinajstić information content (AvgIpc) is 2.71. The summed E-state index contributed by atoms with van der Waals surface area (Å²) in [6.45, 7) is 11.1. The summed E-state index contributed by atoms with van der Waals surface area (Å²) in [5, 5.41) is 3.49. The van der Waals surface area contributed by atoms with Crippen molar-refractivity contribution in [2.45, 2.75) is 32.2 Å².